The molecule has 25 heavy (non-hydrogen) atoms. The van der Waals surface area contributed by atoms with Crippen LogP contribution in [-0.4, -0.2) is 45.5 Å². The van der Waals surface area contributed by atoms with Crippen LogP contribution in [0.1, 0.15) is 6.42 Å². The van der Waals surface area contributed by atoms with Gasteiger partial charge in [0.05, 0.1) is 6.54 Å². The van der Waals surface area contributed by atoms with E-state index < -0.39 is 6.09 Å². The Labute approximate surface area is 141 Å². The van der Waals surface area contributed by atoms with Gasteiger partial charge >= 0.3 is 11.8 Å². The number of H-pyrrole nitrogens is 2. The summed E-state index contributed by atoms with van der Waals surface area (Å²) in [6.07, 6.45) is -0.345. The average Bonchev–Trinajstić information content (AvgIpc) is 3.22. The Bertz CT molecular complexity index is 995. The molecule has 0 spiro atoms. The molecule has 1 atom stereocenters. The van der Waals surface area contributed by atoms with Crippen molar-refractivity contribution < 1.29 is 9.53 Å². The number of hydrogen-bond acceptors (Lipinski definition) is 6. The van der Waals surface area contributed by atoms with Gasteiger partial charge in [-0.25, -0.2) is 19.7 Å². The Hall–Kier alpha value is -3.36. The second-order valence-corrected chi connectivity index (χ2v) is 5.87. The van der Waals surface area contributed by atoms with E-state index >= 15 is 0 Å². The van der Waals surface area contributed by atoms with Gasteiger partial charge in [-0.3, -0.25) is 4.98 Å². The molecule has 0 saturated carbocycles. The molecule has 3 aromatic rings. The van der Waals surface area contributed by atoms with E-state index in [9.17, 15) is 9.59 Å². The van der Waals surface area contributed by atoms with E-state index in [0.29, 0.717) is 31.0 Å². The predicted molar refractivity (Wildman–Crippen MR) is 91.2 cm³/mol. The van der Waals surface area contributed by atoms with Crippen molar-refractivity contribution in [3.8, 4) is 11.5 Å². The van der Waals surface area contributed by atoms with Crippen LogP contribution in [0, 0.1) is 0 Å². The van der Waals surface area contributed by atoms with Gasteiger partial charge in [0, 0.05) is 18.4 Å². The number of carbonyl (C=O) groups excluding carboxylic acids is 1. The lowest BCUT2D eigenvalue weighted by Gasteiger charge is -2.20. The molecule has 3 heterocycles. The molecular formula is C16H16N6O3. The number of carbonyl (C=O) groups is 1. The van der Waals surface area contributed by atoms with E-state index in [4.69, 9.17) is 10.5 Å². The lowest BCUT2D eigenvalue weighted by Crippen LogP contribution is -2.27. The van der Waals surface area contributed by atoms with Crippen molar-refractivity contribution in [3.63, 3.8) is 0 Å². The largest absolute Gasteiger partial charge is 0.444 e. The highest BCUT2D eigenvalue weighted by molar-refractivity contribution is 5.94. The SMILES string of the molecule is NC(=O)OC1CCN(c2nc(-c3n[nH]c(=O)[nH]3)cc3ccccc23)C1. The molecule has 128 valence electrons. The normalized spacial score (nSPS) is 17.1. The van der Waals surface area contributed by atoms with E-state index in [1.807, 2.05) is 35.2 Å². The van der Waals surface area contributed by atoms with Crippen LogP contribution in [0.15, 0.2) is 35.1 Å². The fraction of sp³-hybridized carbons (Fsp3) is 0.250. The third-order valence-corrected chi connectivity index (χ3v) is 4.19. The van der Waals surface area contributed by atoms with Crippen molar-refractivity contribution in [2.24, 2.45) is 5.73 Å². The smallest absolute Gasteiger partial charge is 0.404 e. The first kappa shape index (κ1) is 15.2. The summed E-state index contributed by atoms with van der Waals surface area (Å²) in [6, 6.07) is 9.71. The number of nitrogens with two attached hydrogens (primary N) is 1. The Kier molecular flexibility index (Phi) is 3.60. The first-order valence-corrected chi connectivity index (χ1v) is 7.86. The lowest BCUT2D eigenvalue weighted by atomic mass is 10.1. The Morgan fingerprint density at radius 1 is 1.36 bits per heavy atom. The molecule has 1 saturated heterocycles. The van der Waals surface area contributed by atoms with E-state index in [1.165, 1.54) is 0 Å². The number of nitrogens with one attached hydrogen (secondary N) is 2. The molecule has 0 bridgehead atoms. The number of benzene rings is 1. The van der Waals surface area contributed by atoms with Crippen LogP contribution in [0.5, 0.6) is 0 Å². The van der Waals surface area contributed by atoms with Crippen LogP contribution in [-0.2, 0) is 4.74 Å². The number of hydrogen-bond donors (Lipinski definition) is 3. The number of ether oxygens (including phenoxy) is 1. The van der Waals surface area contributed by atoms with Crippen molar-refractivity contribution in [3.05, 3.63) is 40.8 Å². The zero-order valence-corrected chi connectivity index (χ0v) is 13.2. The predicted octanol–water partition coefficient (Wildman–Crippen LogP) is 0.987. The standard InChI is InChI=1S/C16H16N6O3/c17-15(23)25-10-5-6-22(8-10)14-11-4-2-1-3-9(11)7-12(18-14)13-19-16(24)21-20-13/h1-4,7,10H,5-6,8H2,(H2,17,23)(H2,19,20,21,24). The average molecular weight is 340 g/mol. The quantitative estimate of drug-likeness (QED) is 0.652. The summed E-state index contributed by atoms with van der Waals surface area (Å²) < 4.78 is 5.10. The minimum atomic E-state index is -0.771. The van der Waals surface area contributed by atoms with Gasteiger partial charge in [-0.15, -0.1) is 0 Å². The monoisotopic (exact) mass is 340 g/mol. The molecule has 1 fully saturated rings. The van der Waals surface area contributed by atoms with Crippen LogP contribution in [0.2, 0.25) is 0 Å². The molecule has 9 heteroatoms. The molecule has 0 radical (unpaired) electrons. The fourth-order valence-electron chi connectivity index (χ4n) is 3.12. The Morgan fingerprint density at radius 2 is 2.20 bits per heavy atom. The van der Waals surface area contributed by atoms with Gasteiger partial charge in [0.15, 0.2) is 5.82 Å². The summed E-state index contributed by atoms with van der Waals surface area (Å²) >= 11 is 0. The summed E-state index contributed by atoms with van der Waals surface area (Å²) in [5.41, 5.74) is 5.28. The fourth-order valence-corrected chi connectivity index (χ4v) is 3.12. The van der Waals surface area contributed by atoms with E-state index in [2.05, 4.69) is 20.2 Å². The first-order chi connectivity index (χ1) is 12.1. The maximum Gasteiger partial charge on any atom is 0.404 e. The third-order valence-electron chi connectivity index (χ3n) is 4.19. The van der Waals surface area contributed by atoms with Gasteiger partial charge in [0.25, 0.3) is 0 Å². The van der Waals surface area contributed by atoms with Gasteiger partial charge in [-0.1, -0.05) is 24.3 Å². The summed E-state index contributed by atoms with van der Waals surface area (Å²) in [7, 11) is 0. The summed E-state index contributed by atoms with van der Waals surface area (Å²) in [6.45, 7) is 1.20. The first-order valence-electron chi connectivity index (χ1n) is 7.86. The van der Waals surface area contributed by atoms with Crippen LogP contribution >= 0.6 is 0 Å². The van der Waals surface area contributed by atoms with E-state index in [1.54, 1.807) is 0 Å². The highest BCUT2D eigenvalue weighted by atomic mass is 16.6. The number of pyridine rings is 1. The number of fused-ring (bicyclic) bond motifs is 1. The third kappa shape index (κ3) is 2.91. The highest BCUT2D eigenvalue weighted by Crippen LogP contribution is 2.31. The number of primary amides is 1. The van der Waals surface area contributed by atoms with Crippen LogP contribution < -0.4 is 16.3 Å². The van der Waals surface area contributed by atoms with Crippen LogP contribution in [0.4, 0.5) is 10.6 Å². The number of anilines is 1. The number of amides is 1. The molecule has 4 rings (SSSR count). The number of aromatic nitrogens is 4. The number of aromatic amines is 2. The molecule has 9 nitrogen and oxygen atoms in total. The zero-order chi connectivity index (χ0) is 17.4. The van der Waals surface area contributed by atoms with Gasteiger partial charge in [0.2, 0.25) is 0 Å². The minimum Gasteiger partial charge on any atom is -0.444 e. The lowest BCUT2D eigenvalue weighted by molar-refractivity contribution is 0.117. The molecule has 1 aliphatic rings. The Morgan fingerprint density at radius 3 is 2.96 bits per heavy atom. The van der Waals surface area contributed by atoms with Gasteiger partial charge < -0.3 is 15.4 Å². The minimum absolute atomic E-state index is 0.257. The second-order valence-electron chi connectivity index (χ2n) is 5.87. The summed E-state index contributed by atoms with van der Waals surface area (Å²) in [5, 5.41) is 8.25. The number of rotatable bonds is 3. The maximum atomic E-state index is 11.3. The van der Waals surface area contributed by atoms with Crippen molar-refractivity contribution in [1.29, 1.82) is 0 Å². The zero-order valence-electron chi connectivity index (χ0n) is 13.2. The summed E-state index contributed by atoms with van der Waals surface area (Å²) in [5.74, 6) is 1.13. The highest BCUT2D eigenvalue weighted by Gasteiger charge is 2.27. The second kappa shape index (κ2) is 5.93. The van der Waals surface area contributed by atoms with E-state index in [0.717, 1.165) is 16.6 Å². The van der Waals surface area contributed by atoms with Gasteiger partial charge in [-0.2, -0.15) is 5.10 Å². The molecule has 1 aromatic carbocycles. The van der Waals surface area contributed by atoms with Crippen LogP contribution in [0.3, 0.4) is 0 Å². The topological polar surface area (TPSA) is 130 Å². The summed E-state index contributed by atoms with van der Waals surface area (Å²) in [4.78, 5) is 31.7. The van der Waals surface area contributed by atoms with Crippen LogP contribution in [0.25, 0.3) is 22.3 Å². The Balaban J connectivity index is 1.77. The molecule has 1 aliphatic heterocycles. The van der Waals surface area contributed by atoms with Gasteiger partial charge in [-0.05, 0) is 11.5 Å². The van der Waals surface area contributed by atoms with E-state index in [-0.39, 0.29) is 11.8 Å². The molecule has 4 N–H and O–H groups in total. The molecule has 0 aliphatic carbocycles. The maximum absolute atomic E-state index is 11.3. The molecule has 1 unspecified atom stereocenters. The van der Waals surface area contributed by atoms with Crippen molar-refractivity contribution in [1.82, 2.24) is 20.2 Å². The van der Waals surface area contributed by atoms with Crippen molar-refractivity contribution in [2.45, 2.75) is 12.5 Å². The molecular weight excluding hydrogens is 324 g/mol. The van der Waals surface area contributed by atoms with Crippen molar-refractivity contribution in [2.75, 3.05) is 18.0 Å². The molecule has 1 amide bonds. The molecule has 2 aromatic heterocycles. The number of nitrogens with zero attached hydrogens (tertiary/aromatic N) is 3. The van der Waals surface area contributed by atoms with Crippen molar-refractivity contribution >= 4 is 22.7 Å². The van der Waals surface area contributed by atoms with Gasteiger partial charge in [0.1, 0.15) is 17.6 Å².